The second-order valence-electron chi connectivity index (χ2n) is 9.05. The third-order valence-electron chi connectivity index (χ3n) is 5.28. The number of amides is 1. The fraction of sp³-hybridized carbons (Fsp3) is 0.944. The zero-order chi connectivity index (χ0) is 16.4. The van der Waals surface area contributed by atoms with Crippen LogP contribution in [-0.4, -0.2) is 68.3 Å². The molecule has 0 aromatic carbocycles. The molecule has 129 valence electrons. The van der Waals surface area contributed by atoms with Crippen LogP contribution in [0.25, 0.3) is 0 Å². The number of hydrogen-bond donors (Lipinski definition) is 0. The van der Waals surface area contributed by atoms with Gasteiger partial charge in [-0.15, -0.1) is 0 Å². The van der Waals surface area contributed by atoms with Crippen LogP contribution in [0.2, 0.25) is 5.04 Å². The van der Waals surface area contributed by atoms with Gasteiger partial charge in [0.1, 0.15) is 0 Å². The molecule has 1 saturated heterocycles. The van der Waals surface area contributed by atoms with E-state index >= 15 is 0 Å². The molecular weight excluding hydrogens is 313 g/mol. The number of hydrogen-bond acceptors (Lipinski definition) is 2. The zero-order valence-corrected chi connectivity index (χ0v) is 19.7. The summed E-state index contributed by atoms with van der Waals surface area (Å²) in [6.07, 6.45) is 8.35. The Balaban J connectivity index is 0.00000264. The predicted molar refractivity (Wildman–Crippen MR) is 100 cm³/mol. The Kier molecular flexibility index (Phi) is 8.34. The van der Waals surface area contributed by atoms with Crippen molar-refractivity contribution in [2.45, 2.75) is 96.2 Å². The standard InChI is InChI=1S/C18H35NO2Si.Na/c1-17(2,3)22-21-18(4,5)14-12-16(20)19(13-14)15-10-8-6-7-9-11-15;/h14-15H,6-13,22H2,1-5H3;. The van der Waals surface area contributed by atoms with Crippen LogP contribution in [0.5, 0.6) is 0 Å². The maximum Gasteiger partial charge on any atom is 0.223 e. The Hall–Kier alpha value is 0.647. The fourth-order valence-corrected chi connectivity index (χ4v) is 4.68. The summed E-state index contributed by atoms with van der Waals surface area (Å²) in [7, 11) is -0.580. The first-order valence-corrected chi connectivity index (χ1v) is 10.4. The molecule has 2 aliphatic rings. The molecule has 1 aliphatic carbocycles. The summed E-state index contributed by atoms with van der Waals surface area (Å²) < 4.78 is 6.35. The second kappa shape index (κ2) is 8.84. The van der Waals surface area contributed by atoms with Gasteiger partial charge in [0.2, 0.25) is 5.91 Å². The third-order valence-corrected chi connectivity index (χ3v) is 7.04. The molecule has 5 heteroatoms. The number of carbonyl (C=O) groups excluding carboxylic acids is 1. The Labute approximate surface area is 167 Å². The molecule has 23 heavy (non-hydrogen) atoms. The smallest absolute Gasteiger partial charge is 0.223 e. The summed E-state index contributed by atoms with van der Waals surface area (Å²) in [5, 5.41) is 0.306. The van der Waals surface area contributed by atoms with Crippen LogP contribution in [0.3, 0.4) is 0 Å². The summed E-state index contributed by atoms with van der Waals surface area (Å²) in [6, 6.07) is 0.496. The zero-order valence-electron chi connectivity index (χ0n) is 16.3. The van der Waals surface area contributed by atoms with Crippen molar-refractivity contribution in [3.05, 3.63) is 0 Å². The van der Waals surface area contributed by atoms with Gasteiger partial charge in [-0.1, -0.05) is 46.5 Å². The quantitative estimate of drug-likeness (QED) is 0.576. The Morgan fingerprint density at radius 2 is 1.61 bits per heavy atom. The number of likely N-dealkylation sites (tertiary alicyclic amines) is 1. The molecule has 1 atom stereocenters. The molecule has 2 fully saturated rings. The van der Waals surface area contributed by atoms with Crippen LogP contribution in [0, 0.1) is 5.92 Å². The summed E-state index contributed by atoms with van der Waals surface area (Å²) in [6.45, 7) is 12.1. The molecule has 0 bridgehead atoms. The van der Waals surface area contributed by atoms with Crippen LogP contribution in [0.4, 0.5) is 0 Å². The first kappa shape index (κ1) is 21.7. The predicted octanol–water partition coefficient (Wildman–Crippen LogP) is 3.27. The van der Waals surface area contributed by atoms with Crippen molar-refractivity contribution in [2.24, 2.45) is 5.92 Å². The normalized spacial score (nSPS) is 25.0. The van der Waals surface area contributed by atoms with Gasteiger partial charge < -0.3 is 9.33 Å². The molecule has 2 rings (SSSR count). The second-order valence-corrected chi connectivity index (χ2v) is 11.7. The summed E-state index contributed by atoms with van der Waals surface area (Å²) >= 11 is 0. The van der Waals surface area contributed by atoms with Gasteiger partial charge in [0.05, 0.1) is 5.60 Å². The summed E-state index contributed by atoms with van der Waals surface area (Å²) in [4.78, 5) is 14.7. The molecule has 1 aliphatic heterocycles. The van der Waals surface area contributed by atoms with E-state index in [0.717, 1.165) is 6.54 Å². The van der Waals surface area contributed by atoms with E-state index < -0.39 is 9.76 Å². The molecule has 3 nitrogen and oxygen atoms in total. The van der Waals surface area contributed by atoms with Gasteiger partial charge >= 0.3 is 0 Å². The molecule has 1 amide bonds. The maximum absolute atomic E-state index is 12.5. The van der Waals surface area contributed by atoms with E-state index in [9.17, 15) is 4.79 Å². The van der Waals surface area contributed by atoms with E-state index in [1.54, 1.807) is 0 Å². The molecule has 0 aromatic heterocycles. The third kappa shape index (κ3) is 6.46. The average molecular weight is 349 g/mol. The Morgan fingerprint density at radius 3 is 2.13 bits per heavy atom. The van der Waals surface area contributed by atoms with Crippen LogP contribution in [0.1, 0.15) is 79.6 Å². The fourth-order valence-electron chi connectivity index (χ4n) is 3.64. The first-order chi connectivity index (χ1) is 10.2. The van der Waals surface area contributed by atoms with E-state index in [1.165, 1.54) is 38.5 Å². The van der Waals surface area contributed by atoms with Crippen molar-refractivity contribution in [3.8, 4) is 0 Å². The van der Waals surface area contributed by atoms with Crippen molar-refractivity contribution in [1.82, 2.24) is 4.90 Å². The minimum atomic E-state index is -0.580. The minimum absolute atomic E-state index is 0. The number of carbonyl (C=O) groups is 1. The van der Waals surface area contributed by atoms with E-state index in [0.29, 0.717) is 29.3 Å². The molecule has 1 unspecified atom stereocenters. The van der Waals surface area contributed by atoms with Gasteiger partial charge in [-0.25, -0.2) is 0 Å². The van der Waals surface area contributed by atoms with Crippen LogP contribution >= 0.6 is 0 Å². The molecule has 0 aromatic rings. The van der Waals surface area contributed by atoms with Crippen molar-refractivity contribution in [3.63, 3.8) is 0 Å². The van der Waals surface area contributed by atoms with E-state index in [1.807, 2.05) is 0 Å². The van der Waals surface area contributed by atoms with Gasteiger partial charge in [0.25, 0.3) is 0 Å². The summed E-state index contributed by atoms with van der Waals surface area (Å²) in [5.74, 6) is 0.726. The van der Waals surface area contributed by atoms with E-state index in [4.69, 9.17) is 4.43 Å². The van der Waals surface area contributed by atoms with Gasteiger partial charge in [0.15, 0.2) is 9.76 Å². The molecule has 0 N–H and O–H groups in total. The van der Waals surface area contributed by atoms with Crippen molar-refractivity contribution < 1.29 is 9.22 Å². The van der Waals surface area contributed by atoms with Crippen molar-refractivity contribution in [1.29, 1.82) is 0 Å². The summed E-state index contributed by atoms with van der Waals surface area (Å²) in [5.41, 5.74) is -0.158. The number of rotatable bonds is 4. The van der Waals surface area contributed by atoms with Crippen LogP contribution in [0.15, 0.2) is 0 Å². The maximum atomic E-state index is 12.5. The van der Waals surface area contributed by atoms with Gasteiger partial charge in [-0.05, 0) is 31.7 Å². The first-order valence-electron chi connectivity index (χ1n) is 9.12. The van der Waals surface area contributed by atoms with Crippen molar-refractivity contribution in [2.75, 3.05) is 6.54 Å². The minimum Gasteiger partial charge on any atom is -0.418 e. The molecular formula is C18H35NNaO2Si. The molecule has 0 spiro atoms. The topological polar surface area (TPSA) is 29.5 Å². The van der Waals surface area contributed by atoms with Gasteiger partial charge in [0, 0.05) is 54.5 Å². The van der Waals surface area contributed by atoms with Crippen LogP contribution in [-0.2, 0) is 9.22 Å². The molecule has 1 heterocycles. The molecule has 1 saturated carbocycles. The van der Waals surface area contributed by atoms with Gasteiger partial charge in [-0.3, -0.25) is 4.79 Å². The van der Waals surface area contributed by atoms with Gasteiger partial charge in [-0.2, -0.15) is 0 Å². The van der Waals surface area contributed by atoms with E-state index in [2.05, 4.69) is 39.5 Å². The Morgan fingerprint density at radius 1 is 1.04 bits per heavy atom. The Bertz CT molecular complexity index is 387. The largest absolute Gasteiger partial charge is 0.418 e. The molecule has 1 radical (unpaired) electrons. The number of nitrogens with zero attached hydrogens (tertiary/aromatic N) is 1. The van der Waals surface area contributed by atoms with Crippen molar-refractivity contribution >= 4 is 45.2 Å². The van der Waals surface area contributed by atoms with E-state index in [-0.39, 0.29) is 35.2 Å². The monoisotopic (exact) mass is 348 g/mol. The van der Waals surface area contributed by atoms with Crippen LogP contribution < -0.4 is 0 Å². The average Bonchev–Trinajstić information content (AvgIpc) is 2.63. The SMILES string of the molecule is CC(C)(C)[SiH2]OC(C)(C)C1CC(=O)N(C2CCCCCC2)C1.[Na].